The summed E-state index contributed by atoms with van der Waals surface area (Å²) in [7, 11) is 0. The van der Waals surface area contributed by atoms with Crippen molar-refractivity contribution in [2.24, 2.45) is 0 Å². The molecule has 2 heterocycles. The first-order valence-corrected chi connectivity index (χ1v) is 6.85. The molecule has 0 saturated carbocycles. The lowest BCUT2D eigenvalue weighted by molar-refractivity contribution is 0.0947. The van der Waals surface area contributed by atoms with Gasteiger partial charge in [0.15, 0.2) is 0 Å². The predicted octanol–water partition coefficient (Wildman–Crippen LogP) is 2.70. The number of aryl methyl sites for hydroxylation is 1. The number of rotatable bonds is 4. The van der Waals surface area contributed by atoms with Gasteiger partial charge in [0, 0.05) is 10.3 Å². The first-order chi connectivity index (χ1) is 7.81. The van der Waals surface area contributed by atoms with E-state index in [9.17, 15) is 4.79 Å². The molecule has 5 heteroatoms. The second kappa shape index (κ2) is 5.23. The summed E-state index contributed by atoms with van der Waals surface area (Å²) in [5, 5.41) is 6.69. The van der Waals surface area contributed by atoms with E-state index in [0.717, 1.165) is 6.42 Å². The molecule has 84 valence electrons. The fraction of sp³-hybridized carbons (Fsp3) is 0.273. The smallest absolute Gasteiger partial charge is 0.271 e. The van der Waals surface area contributed by atoms with Crippen molar-refractivity contribution in [1.29, 1.82) is 0 Å². The van der Waals surface area contributed by atoms with Crippen molar-refractivity contribution >= 4 is 28.6 Å². The Morgan fingerprint density at radius 2 is 2.44 bits per heavy atom. The second-order valence-electron chi connectivity index (χ2n) is 3.28. The molecule has 3 nitrogen and oxygen atoms in total. The zero-order chi connectivity index (χ0) is 11.4. The number of hydrogen-bond acceptors (Lipinski definition) is 4. The number of aromatic nitrogens is 1. The molecule has 2 aromatic rings. The van der Waals surface area contributed by atoms with Crippen LogP contribution >= 0.6 is 22.7 Å². The van der Waals surface area contributed by atoms with Crippen LogP contribution in [0.15, 0.2) is 22.3 Å². The Morgan fingerprint density at radius 1 is 1.56 bits per heavy atom. The van der Waals surface area contributed by atoms with Crippen molar-refractivity contribution in [3.8, 4) is 0 Å². The van der Waals surface area contributed by atoms with Gasteiger partial charge >= 0.3 is 0 Å². The molecule has 16 heavy (non-hydrogen) atoms. The van der Waals surface area contributed by atoms with Gasteiger partial charge in [0.2, 0.25) is 0 Å². The molecule has 0 aromatic carbocycles. The molecule has 0 aliphatic carbocycles. The number of amides is 1. The number of hydrogen-bond donors (Lipinski definition) is 1. The van der Waals surface area contributed by atoms with Gasteiger partial charge in [-0.3, -0.25) is 4.79 Å². The van der Waals surface area contributed by atoms with Gasteiger partial charge in [0.1, 0.15) is 5.69 Å². The van der Waals surface area contributed by atoms with Gasteiger partial charge in [-0.2, -0.15) is 0 Å². The Kier molecular flexibility index (Phi) is 3.69. The van der Waals surface area contributed by atoms with Gasteiger partial charge in [0.25, 0.3) is 5.91 Å². The molecule has 0 fully saturated rings. The van der Waals surface area contributed by atoms with Crippen LogP contribution in [0.5, 0.6) is 0 Å². The highest BCUT2D eigenvalue weighted by Crippen LogP contribution is 2.17. The Labute approximate surface area is 102 Å². The fourth-order valence-corrected chi connectivity index (χ4v) is 2.86. The number of nitrogens with zero attached hydrogens (tertiary/aromatic N) is 1. The highest BCUT2D eigenvalue weighted by atomic mass is 32.1. The third-order valence-electron chi connectivity index (χ3n) is 2.29. The van der Waals surface area contributed by atoms with Crippen LogP contribution in [-0.4, -0.2) is 10.9 Å². The molecule has 2 rings (SSSR count). The van der Waals surface area contributed by atoms with Crippen molar-refractivity contribution in [2.75, 3.05) is 0 Å². The van der Waals surface area contributed by atoms with Gasteiger partial charge in [-0.1, -0.05) is 6.92 Å². The van der Waals surface area contributed by atoms with Crippen LogP contribution in [0, 0.1) is 0 Å². The average Bonchev–Trinajstić information content (AvgIpc) is 2.96. The van der Waals surface area contributed by atoms with E-state index in [-0.39, 0.29) is 5.91 Å². The fourth-order valence-electron chi connectivity index (χ4n) is 1.41. The topological polar surface area (TPSA) is 42.0 Å². The van der Waals surface area contributed by atoms with Crippen molar-refractivity contribution < 1.29 is 4.79 Å². The summed E-state index contributed by atoms with van der Waals surface area (Å²) in [6.45, 7) is 2.71. The summed E-state index contributed by atoms with van der Waals surface area (Å²) in [6.07, 6.45) is 1.01. The molecule has 1 amide bonds. The minimum Gasteiger partial charge on any atom is -0.346 e. The molecule has 0 atom stereocenters. The molecule has 0 spiro atoms. The second-order valence-corrected chi connectivity index (χ2v) is 5.00. The molecule has 0 bridgehead atoms. The van der Waals surface area contributed by atoms with Gasteiger partial charge in [-0.25, -0.2) is 4.98 Å². The molecular weight excluding hydrogens is 240 g/mol. The van der Waals surface area contributed by atoms with Crippen LogP contribution in [0.4, 0.5) is 0 Å². The summed E-state index contributed by atoms with van der Waals surface area (Å²) < 4.78 is 0. The van der Waals surface area contributed by atoms with E-state index in [0.29, 0.717) is 12.2 Å². The molecule has 0 aliphatic rings. The number of carbonyl (C=O) groups is 1. The third-order valence-corrected chi connectivity index (χ3v) is 3.84. The first kappa shape index (κ1) is 11.3. The first-order valence-electron chi connectivity index (χ1n) is 5.03. The number of nitrogens with one attached hydrogen (secondary N) is 1. The largest absolute Gasteiger partial charge is 0.346 e. The van der Waals surface area contributed by atoms with Crippen molar-refractivity contribution in [1.82, 2.24) is 10.3 Å². The number of carbonyl (C=O) groups excluding carboxylic acids is 1. The Hall–Kier alpha value is -1.20. The quantitative estimate of drug-likeness (QED) is 0.909. The van der Waals surface area contributed by atoms with Gasteiger partial charge in [-0.15, -0.1) is 22.7 Å². The number of thiophene rings is 1. The van der Waals surface area contributed by atoms with E-state index in [2.05, 4.69) is 28.7 Å². The summed E-state index contributed by atoms with van der Waals surface area (Å²) in [6, 6.07) is 2.11. The summed E-state index contributed by atoms with van der Waals surface area (Å²) in [5.41, 5.74) is 3.47. The molecule has 0 unspecified atom stereocenters. The minimum absolute atomic E-state index is 0.100. The zero-order valence-corrected chi connectivity index (χ0v) is 10.5. The predicted molar refractivity (Wildman–Crippen MR) is 67.0 cm³/mol. The monoisotopic (exact) mass is 252 g/mol. The maximum Gasteiger partial charge on any atom is 0.271 e. The maximum atomic E-state index is 11.6. The maximum absolute atomic E-state index is 11.6. The molecule has 0 saturated heterocycles. The van der Waals surface area contributed by atoms with Crippen molar-refractivity contribution in [3.63, 3.8) is 0 Å². The van der Waals surface area contributed by atoms with Crippen LogP contribution in [0.25, 0.3) is 0 Å². The van der Waals surface area contributed by atoms with E-state index in [1.54, 1.807) is 22.2 Å². The highest BCUT2D eigenvalue weighted by Gasteiger charge is 2.08. The van der Waals surface area contributed by atoms with E-state index in [1.807, 2.05) is 0 Å². The Morgan fingerprint density at radius 3 is 3.12 bits per heavy atom. The van der Waals surface area contributed by atoms with E-state index in [1.165, 1.54) is 21.8 Å². The van der Waals surface area contributed by atoms with Gasteiger partial charge in [0.05, 0.1) is 12.1 Å². The highest BCUT2D eigenvalue weighted by molar-refractivity contribution is 7.10. The summed E-state index contributed by atoms with van der Waals surface area (Å²) in [4.78, 5) is 16.8. The van der Waals surface area contributed by atoms with Crippen molar-refractivity contribution in [2.45, 2.75) is 19.9 Å². The Bertz CT molecular complexity index is 462. The SMILES string of the molecule is CCc1ccsc1CNC(=O)c1cscn1. The van der Waals surface area contributed by atoms with E-state index < -0.39 is 0 Å². The molecule has 2 aromatic heterocycles. The van der Waals surface area contributed by atoms with Crippen LogP contribution in [0.2, 0.25) is 0 Å². The standard InChI is InChI=1S/C11H12N2OS2/c1-2-8-3-4-16-10(8)5-12-11(14)9-6-15-7-13-9/h3-4,6-7H,2,5H2,1H3,(H,12,14). The van der Waals surface area contributed by atoms with Crippen molar-refractivity contribution in [3.05, 3.63) is 38.5 Å². The Balaban J connectivity index is 1.95. The van der Waals surface area contributed by atoms with E-state index in [4.69, 9.17) is 0 Å². The van der Waals surface area contributed by atoms with Gasteiger partial charge in [-0.05, 0) is 23.4 Å². The number of thiazole rings is 1. The third kappa shape index (κ3) is 2.48. The summed E-state index contributed by atoms with van der Waals surface area (Å²) in [5.74, 6) is -0.100. The molecule has 1 N–H and O–H groups in total. The lowest BCUT2D eigenvalue weighted by Crippen LogP contribution is -2.22. The normalized spacial score (nSPS) is 10.3. The molecule has 0 radical (unpaired) electrons. The van der Waals surface area contributed by atoms with Gasteiger partial charge < -0.3 is 5.32 Å². The molecule has 0 aliphatic heterocycles. The minimum atomic E-state index is -0.100. The van der Waals surface area contributed by atoms with Crippen LogP contribution in [0.3, 0.4) is 0 Å². The van der Waals surface area contributed by atoms with Crippen LogP contribution < -0.4 is 5.32 Å². The van der Waals surface area contributed by atoms with Crippen LogP contribution in [0.1, 0.15) is 27.9 Å². The summed E-state index contributed by atoms with van der Waals surface area (Å²) >= 11 is 3.11. The lowest BCUT2D eigenvalue weighted by Gasteiger charge is -2.03. The van der Waals surface area contributed by atoms with E-state index >= 15 is 0 Å². The zero-order valence-electron chi connectivity index (χ0n) is 8.90. The average molecular weight is 252 g/mol. The lowest BCUT2D eigenvalue weighted by atomic mass is 10.2. The van der Waals surface area contributed by atoms with Crippen LogP contribution in [-0.2, 0) is 13.0 Å². The molecular formula is C11H12N2OS2.